The third-order valence-corrected chi connectivity index (χ3v) is 5.64. The summed E-state index contributed by atoms with van der Waals surface area (Å²) in [6.07, 6.45) is 4.75. The van der Waals surface area contributed by atoms with Crippen molar-refractivity contribution >= 4 is 34.4 Å². The molecule has 0 spiro atoms. The van der Waals surface area contributed by atoms with E-state index in [-0.39, 0.29) is 5.91 Å². The third-order valence-electron chi connectivity index (χ3n) is 5.39. The summed E-state index contributed by atoms with van der Waals surface area (Å²) in [6, 6.07) is 17.0. The minimum absolute atomic E-state index is 0.156. The monoisotopic (exact) mass is 432 g/mol. The summed E-state index contributed by atoms with van der Waals surface area (Å²) < 4.78 is 2.17. The number of hydrogen-bond donors (Lipinski definition) is 1. The fourth-order valence-corrected chi connectivity index (χ4v) is 3.72. The number of nitrogens with zero attached hydrogens (tertiary/aromatic N) is 3. The lowest BCUT2D eigenvalue weighted by atomic mass is 10.2. The van der Waals surface area contributed by atoms with E-state index < -0.39 is 0 Å². The Morgan fingerprint density at radius 3 is 2.55 bits per heavy atom. The Bertz CT molecular complexity index is 1200. The normalized spacial score (nSPS) is 11.1. The predicted molar refractivity (Wildman–Crippen MR) is 126 cm³/mol. The largest absolute Gasteiger partial charge is 0.320 e. The van der Waals surface area contributed by atoms with Crippen molar-refractivity contribution in [1.29, 1.82) is 0 Å². The van der Waals surface area contributed by atoms with Gasteiger partial charge in [0, 0.05) is 22.6 Å². The molecule has 2 aromatic heterocycles. The lowest BCUT2D eigenvalue weighted by Crippen LogP contribution is -2.13. The number of benzene rings is 2. The van der Waals surface area contributed by atoms with Gasteiger partial charge in [0.2, 0.25) is 0 Å². The van der Waals surface area contributed by atoms with E-state index in [1.54, 1.807) is 18.3 Å². The Labute approximate surface area is 187 Å². The molecule has 0 atom stereocenters. The molecule has 2 aromatic carbocycles. The molecule has 0 fully saturated rings. The molecule has 2 heterocycles. The maximum atomic E-state index is 12.6. The predicted octanol–water partition coefficient (Wildman–Crippen LogP) is 6.04. The van der Waals surface area contributed by atoms with E-state index in [0.29, 0.717) is 17.8 Å². The minimum Gasteiger partial charge on any atom is -0.320 e. The summed E-state index contributed by atoms with van der Waals surface area (Å²) in [5.41, 5.74) is 5.00. The Balaban J connectivity index is 1.70. The highest BCUT2D eigenvalue weighted by Gasteiger charge is 2.17. The van der Waals surface area contributed by atoms with Crippen LogP contribution in [0.5, 0.6) is 0 Å². The SMILES string of the molecule is CCCCc1nc2c(C)c(NC(=O)c3ccccc3)cnc2n1Cc1ccc(Cl)cc1. The average molecular weight is 433 g/mol. The van der Waals surface area contributed by atoms with Crippen LogP contribution >= 0.6 is 11.6 Å². The first kappa shape index (κ1) is 21.1. The standard InChI is InChI=1S/C25H25ClN4O/c1-3-4-10-22-29-23-17(2)21(28-25(31)19-8-6-5-7-9-19)15-27-24(23)30(22)16-18-11-13-20(26)14-12-18/h5-9,11-15H,3-4,10,16H2,1-2H3,(H,28,31). The maximum absolute atomic E-state index is 12.6. The Morgan fingerprint density at radius 1 is 1.10 bits per heavy atom. The minimum atomic E-state index is -0.156. The van der Waals surface area contributed by atoms with Crippen molar-refractivity contribution < 1.29 is 4.79 Å². The zero-order valence-corrected chi connectivity index (χ0v) is 18.5. The third kappa shape index (κ3) is 4.62. The molecule has 0 bridgehead atoms. The van der Waals surface area contributed by atoms with Gasteiger partial charge < -0.3 is 9.88 Å². The summed E-state index contributed by atoms with van der Waals surface area (Å²) in [4.78, 5) is 22.2. The van der Waals surface area contributed by atoms with Crippen LogP contribution in [0, 0.1) is 6.92 Å². The van der Waals surface area contributed by atoms with E-state index in [9.17, 15) is 4.79 Å². The van der Waals surface area contributed by atoms with Crippen LogP contribution < -0.4 is 5.32 Å². The van der Waals surface area contributed by atoms with Crippen LogP contribution in [0.25, 0.3) is 11.2 Å². The van der Waals surface area contributed by atoms with Gasteiger partial charge >= 0.3 is 0 Å². The number of amides is 1. The molecule has 4 aromatic rings. The molecule has 0 unspecified atom stereocenters. The lowest BCUT2D eigenvalue weighted by Gasteiger charge is -2.11. The highest BCUT2D eigenvalue weighted by molar-refractivity contribution is 6.30. The molecule has 0 aliphatic rings. The van der Waals surface area contributed by atoms with Gasteiger partial charge in [0.05, 0.1) is 18.4 Å². The molecule has 0 saturated carbocycles. The zero-order chi connectivity index (χ0) is 21.8. The van der Waals surface area contributed by atoms with Crippen LogP contribution in [0.3, 0.4) is 0 Å². The molecule has 1 N–H and O–H groups in total. The lowest BCUT2D eigenvalue weighted by molar-refractivity contribution is 0.102. The summed E-state index contributed by atoms with van der Waals surface area (Å²) in [5.74, 6) is 0.852. The van der Waals surface area contributed by atoms with Crippen molar-refractivity contribution in [3.8, 4) is 0 Å². The van der Waals surface area contributed by atoms with E-state index >= 15 is 0 Å². The van der Waals surface area contributed by atoms with Crippen molar-refractivity contribution in [3.63, 3.8) is 0 Å². The van der Waals surface area contributed by atoms with Gasteiger partial charge in [-0.25, -0.2) is 9.97 Å². The number of rotatable bonds is 7. The Morgan fingerprint density at radius 2 is 1.84 bits per heavy atom. The van der Waals surface area contributed by atoms with Gasteiger partial charge in [-0.1, -0.05) is 55.3 Å². The number of aryl methyl sites for hydroxylation is 2. The molecule has 5 nitrogen and oxygen atoms in total. The fraction of sp³-hybridized carbons (Fsp3) is 0.240. The second-order valence-electron chi connectivity index (χ2n) is 7.63. The number of hydrogen-bond acceptors (Lipinski definition) is 3. The number of halogens is 1. The van der Waals surface area contributed by atoms with E-state index in [4.69, 9.17) is 21.6 Å². The molecular formula is C25H25ClN4O. The summed E-state index contributed by atoms with van der Waals surface area (Å²) in [7, 11) is 0. The van der Waals surface area contributed by atoms with E-state index in [1.165, 1.54) is 0 Å². The number of carbonyl (C=O) groups excluding carboxylic acids is 1. The fourth-order valence-electron chi connectivity index (χ4n) is 3.60. The molecule has 6 heteroatoms. The van der Waals surface area contributed by atoms with Crippen LogP contribution in [0.15, 0.2) is 60.8 Å². The smallest absolute Gasteiger partial charge is 0.255 e. The zero-order valence-electron chi connectivity index (χ0n) is 17.7. The number of nitrogens with one attached hydrogen (secondary N) is 1. The van der Waals surface area contributed by atoms with Crippen LogP contribution in [-0.4, -0.2) is 20.4 Å². The van der Waals surface area contributed by atoms with E-state index in [1.807, 2.05) is 49.4 Å². The van der Waals surface area contributed by atoms with Crippen molar-refractivity contribution in [2.45, 2.75) is 39.7 Å². The second-order valence-corrected chi connectivity index (χ2v) is 8.07. The van der Waals surface area contributed by atoms with Gasteiger partial charge in [-0.2, -0.15) is 0 Å². The van der Waals surface area contributed by atoms with Crippen molar-refractivity contribution in [3.05, 3.63) is 88.3 Å². The van der Waals surface area contributed by atoms with Crippen LogP contribution in [0.1, 0.15) is 47.1 Å². The molecule has 0 aliphatic carbocycles. The number of aromatic nitrogens is 3. The second kappa shape index (κ2) is 9.31. The molecule has 31 heavy (non-hydrogen) atoms. The van der Waals surface area contributed by atoms with Crippen LogP contribution in [0.4, 0.5) is 5.69 Å². The van der Waals surface area contributed by atoms with Gasteiger partial charge in [0.1, 0.15) is 11.3 Å². The van der Waals surface area contributed by atoms with Crippen LogP contribution in [-0.2, 0) is 13.0 Å². The van der Waals surface area contributed by atoms with Crippen molar-refractivity contribution in [1.82, 2.24) is 14.5 Å². The first-order valence-corrected chi connectivity index (χ1v) is 10.9. The van der Waals surface area contributed by atoms with Gasteiger partial charge in [-0.3, -0.25) is 4.79 Å². The maximum Gasteiger partial charge on any atom is 0.255 e. The highest BCUT2D eigenvalue weighted by Crippen LogP contribution is 2.26. The highest BCUT2D eigenvalue weighted by atomic mass is 35.5. The van der Waals surface area contributed by atoms with Gasteiger partial charge in [-0.05, 0) is 43.2 Å². The van der Waals surface area contributed by atoms with Crippen LogP contribution in [0.2, 0.25) is 5.02 Å². The summed E-state index contributed by atoms with van der Waals surface area (Å²) >= 11 is 6.05. The molecule has 0 saturated heterocycles. The summed E-state index contributed by atoms with van der Waals surface area (Å²) in [6.45, 7) is 4.83. The van der Waals surface area contributed by atoms with E-state index in [2.05, 4.69) is 16.8 Å². The molecule has 1 amide bonds. The molecule has 158 valence electrons. The van der Waals surface area contributed by atoms with Crippen molar-refractivity contribution in [2.24, 2.45) is 0 Å². The number of fused-ring (bicyclic) bond motifs is 1. The first-order valence-electron chi connectivity index (χ1n) is 10.5. The number of unbranched alkanes of at least 4 members (excludes halogenated alkanes) is 1. The Kier molecular flexibility index (Phi) is 6.33. The quantitative estimate of drug-likeness (QED) is 0.387. The van der Waals surface area contributed by atoms with Gasteiger partial charge in [0.25, 0.3) is 5.91 Å². The number of anilines is 1. The van der Waals surface area contributed by atoms with Crippen molar-refractivity contribution in [2.75, 3.05) is 5.32 Å². The molecule has 0 radical (unpaired) electrons. The van der Waals surface area contributed by atoms with Gasteiger partial charge in [0.15, 0.2) is 5.65 Å². The average Bonchev–Trinajstić information content (AvgIpc) is 3.14. The number of imidazole rings is 1. The number of pyridine rings is 1. The number of carbonyl (C=O) groups is 1. The molecular weight excluding hydrogens is 408 g/mol. The first-order chi connectivity index (χ1) is 15.1. The topological polar surface area (TPSA) is 59.8 Å². The summed E-state index contributed by atoms with van der Waals surface area (Å²) in [5, 5.41) is 3.70. The van der Waals surface area contributed by atoms with E-state index in [0.717, 1.165) is 52.4 Å². The van der Waals surface area contributed by atoms with Gasteiger partial charge in [-0.15, -0.1) is 0 Å². The molecule has 0 aliphatic heterocycles. The Hall–Kier alpha value is -3.18. The molecule has 4 rings (SSSR count).